The molecule has 1 saturated carbocycles. The molecule has 1 aromatic rings. The summed E-state index contributed by atoms with van der Waals surface area (Å²) in [4.78, 5) is 18.0. The lowest BCUT2D eigenvalue weighted by Crippen LogP contribution is -2.75. The first-order valence-corrected chi connectivity index (χ1v) is 10.2. The van der Waals surface area contributed by atoms with E-state index in [4.69, 9.17) is 9.47 Å². The van der Waals surface area contributed by atoms with Gasteiger partial charge in [0.15, 0.2) is 0 Å². The van der Waals surface area contributed by atoms with Gasteiger partial charge in [-0.3, -0.25) is 9.69 Å². The maximum atomic E-state index is 13.3. The highest BCUT2D eigenvalue weighted by atomic mass is 16.5. The highest BCUT2D eigenvalue weighted by Crippen LogP contribution is 2.69. The van der Waals surface area contributed by atoms with Crippen LogP contribution in [0.15, 0.2) is 35.9 Å². The largest absolute Gasteiger partial charge is 0.373 e. The van der Waals surface area contributed by atoms with Crippen LogP contribution in [0.25, 0.3) is 0 Å². The number of ether oxygens (including phenoxy) is 2. The minimum absolute atomic E-state index is 0.0330. The molecular formula is C22H24N2O3. The molecule has 7 rings (SSSR count). The van der Waals surface area contributed by atoms with Crippen LogP contribution in [-0.4, -0.2) is 55.5 Å². The molecule has 5 aliphatic heterocycles. The van der Waals surface area contributed by atoms with E-state index in [0.29, 0.717) is 24.9 Å². The van der Waals surface area contributed by atoms with Crippen molar-refractivity contribution in [1.82, 2.24) is 4.90 Å². The van der Waals surface area contributed by atoms with Gasteiger partial charge in [-0.05, 0) is 30.4 Å². The molecule has 5 heterocycles. The number of fused-ring (bicyclic) bond motifs is 2. The molecule has 2 bridgehead atoms. The molecule has 3 saturated heterocycles. The van der Waals surface area contributed by atoms with Gasteiger partial charge in [-0.15, -0.1) is 0 Å². The maximum absolute atomic E-state index is 13.3. The molecular weight excluding hydrogens is 340 g/mol. The van der Waals surface area contributed by atoms with E-state index >= 15 is 0 Å². The van der Waals surface area contributed by atoms with Gasteiger partial charge in [0.05, 0.1) is 30.6 Å². The van der Waals surface area contributed by atoms with Crippen LogP contribution in [0.2, 0.25) is 0 Å². The number of benzene rings is 1. The molecule has 1 aliphatic carbocycles. The van der Waals surface area contributed by atoms with Gasteiger partial charge in [0.1, 0.15) is 5.72 Å². The molecule has 1 amide bonds. The minimum atomic E-state index is -0.312. The number of piperidine rings is 2. The van der Waals surface area contributed by atoms with Crippen molar-refractivity contribution < 1.29 is 14.3 Å². The molecule has 0 aromatic heterocycles. The molecule has 6 aliphatic rings. The Morgan fingerprint density at radius 1 is 1.30 bits per heavy atom. The zero-order chi connectivity index (χ0) is 18.0. The number of para-hydroxylation sites is 1. The van der Waals surface area contributed by atoms with E-state index in [9.17, 15) is 4.79 Å². The number of methoxy groups -OCH3 is 1. The average molecular weight is 364 g/mol. The lowest BCUT2D eigenvalue weighted by molar-refractivity contribution is -0.213. The molecule has 27 heavy (non-hydrogen) atoms. The number of amides is 1. The summed E-state index contributed by atoms with van der Waals surface area (Å²) in [5, 5.41) is 0. The first kappa shape index (κ1) is 15.3. The second-order valence-electron chi connectivity index (χ2n) is 9.10. The van der Waals surface area contributed by atoms with E-state index < -0.39 is 0 Å². The number of carbonyl (C=O) groups excluding carboxylic acids is 1. The third-order valence-corrected chi connectivity index (χ3v) is 8.65. The van der Waals surface area contributed by atoms with Gasteiger partial charge in [-0.25, -0.2) is 0 Å². The topological polar surface area (TPSA) is 42.0 Å². The molecule has 1 aromatic carbocycles. The predicted octanol–water partition coefficient (Wildman–Crippen LogP) is 2.07. The third kappa shape index (κ3) is 1.42. The van der Waals surface area contributed by atoms with Crippen LogP contribution in [0.1, 0.15) is 24.8 Å². The highest BCUT2D eigenvalue weighted by molar-refractivity contribution is 5.99. The van der Waals surface area contributed by atoms with Crippen LogP contribution in [0, 0.1) is 11.8 Å². The zero-order valence-corrected chi connectivity index (χ0v) is 15.6. The van der Waals surface area contributed by atoms with Crippen LogP contribution >= 0.6 is 0 Å². The van der Waals surface area contributed by atoms with Gasteiger partial charge in [0.25, 0.3) is 0 Å². The molecule has 6 atom stereocenters. The lowest BCUT2D eigenvalue weighted by Gasteiger charge is -2.63. The zero-order valence-electron chi connectivity index (χ0n) is 15.6. The summed E-state index contributed by atoms with van der Waals surface area (Å²) in [5.74, 6) is 1.04. The standard InChI is InChI=1S/C22H24N2O3/c1-26-22-11-14-13-6-9-27-17-10-18(25)24-16-5-3-2-4-15(16)21(22,20(24)19(14)17)7-8-23(22)12-13/h2-6,14,17,19-20H,7-12H2,1H3. The molecule has 4 fully saturated rings. The number of hydrogen-bond donors (Lipinski definition) is 0. The SMILES string of the molecule is COC12CC3C4=CCOC5CC(=O)N6c7ccccc7C1(CCN2C4)C6C53. The van der Waals surface area contributed by atoms with E-state index in [1.807, 2.05) is 7.11 Å². The quantitative estimate of drug-likeness (QED) is 0.716. The summed E-state index contributed by atoms with van der Waals surface area (Å²) >= 11 is 0. The monoisotopic (exact) mass is 364 g/mol. The van der Waals surface area contributed by atoms with Crippen molar-refractivity contribution in [3.8, 4) is 0 Å². The molecule has 0 radical (unpaired) electrons. The highest BCUT2D eigenvalue weighted by Gasteiger charge is 2.77. The normalized spacial score (nSPS) is 46.2. The summed E-state index contributed by atoms with van der Waals surface area (Å²) in [6, 6.07) is 8.74. The van der Waals surface area contributed by atoms with Crippen molar-refractivity contribution >= 4 is 11.6 Å². The lowest BCUT2D eigenvalue weighted by atomic mass is 9.51. The van der Waals surface area contributed by atoms with E-state index in [2.05, 4.69) is 40.1 Å². The van der Waals surface area contributed by atoms with Crippen molar-refractivity contribution in [2.45, 2.75) is 42.5 Å². The van der Waals surface area contributed by atoms with E-state index in [0.717, 1.165) is 31.6 Å². The van der Waals surface area contributed by atoms with Crippen molar-refractivity contribution in [3.05, 3.63) is 41.5 Å². The molecule has 0 N–H and O–H groups in total. The number of carbonyl (C=O) groups is 1. The number of anilines is 1. The Hall–Kier alpha value is -1.69. The Morgan fingerprint density at radius 2 is 2.19 bits per heavy atom. The average Bonchev–Trinajstić information content (AvgIpc) is 3.13. The molecule has 5 heteroatoms. The second kappa shape index (κ2) is 4.65. The summed E-state index contributed by atoms with van der Waals surface area (Å²) in [6.07, 6.45) is 4.91. The molecule has 140 valence electrons. The molecule has 1 spiro atoms. The Bertz CT molecular complexity index is 913. The summed E-state index contributed by atoms with van der Waals surface area (Å²) in [6.45, 7) is 2.65. The Morgan fingerprint density at radius 3 is 3.07 bits per heavy atom. The third-order valence-electron chi connectivity index (χ3n) is 8.65. The Labute approximate surface area is 158 Å². The maximum Gasteiger partial charge on any atom is 0.229 e. The van der Waals surface area contributed by atoms with E-state index in [1.165, 1.54) is 11.1 Å². The van der Waals surface area contributed by atoms with Gasteiger partial charge in [0.2, 0.25) is 5.91 Å². The van der Waals surface area contributed by atoms with Crippen molar-refractivity contribution in [1.29, 1.82) is 0 Å². The van der Waals surface area contributed by atoms with Crippen molar-refractivity contribution in [3.63, 3.8) is 0 Å². The van der Waals surface area contributed by atoms with Crippen LogP contribution in [0.5, 0.6) is 0 Å². The molecule has 5 nitrogen and oxygen atoms in total. The first-order chi connectivity index (χ1) is 13.2. The summed E-state index contributed by atoms with van der Waals surface area (Å²) in [5.41, 5.74) is 3.49. The number of rotatable bonds is 1. The van der Waals surface area contributed by atoms with Crippen molar-refractivity contribution in [2.75, 3.05) is 31.7 Å². The predicted molar refractivity (Wildman–Crippen MR) is 99.4 cm³/mol. The Balaban J connectivity index is 1.58. The van der Waals surface area contributed by atoms with Crippen LogP contribution in [0.4, 0.5) is 5.69 Å². The van der Waals surface area contributed by atoms with Gasteiger partial charge in [-0.2, -0.15) is 0 Å². The summed E-state index contributed by atoms with van der Waals surface area (Å²) < 4.78 is 12.7. The molecule has 6 unspecified atom stereocenters. The fraction of sp³-hybridized carbons (Fsp3) is 0.591. The van der Waals surface area contributed by atoms with E-state index in [-0.39, 0.29) is 29.2 Å². The van der Waals surface area contributed by atoms with Crippen molar-refractivity contribution in [2.24, 2.45) is 11.8 Å². The van der Waals surface area contributed by atoms with Crippen LogP contribution < -0.4 is 4.90 Å². The van der Waals surface area contributed by atoms with Crippen LogP contribution in [0.3, 0.4) is 0 Å². The number of nitrogens with zero attached hydrogens (tertiary/aromatic N) is 2. The second-order valence-corrected chi connectivity index (χ2v) is 9.10. The van der Waals surface area contributed by atoms with Gasteiger partial charge >= 0.3 is 0 Å². The van der Waals surface area contributed by atoms with Crippen LogP contribution in [-0.2, 0) is 19.7 Å². The van der Waals surface area contributed by atoms with Gasteiger partial charge in [0, 0.05) is 31.8 Å². The minimum Gasteiger partial charge on any atom is -0.373 e. The fourth-order valence-electron chi connectivity index (χ4n) is 7.89. The van der Waals surface area contributed by atoms with Gasteiger partial charge < -0.3 is 14.4 Å². The fourth-order valence-corrected chi connectivity index (χ4v) is 7.89. The summed E-state index contributed by atoms with van der Waals surface area (Å²) in [7, 11) is 1.88. The Kier molecular flexibility index (Phi) is 2.63. The van der Waals surface area contributed by atoms with E-state index in [1.54, 1.807) is 0 Å². The van der Waals surface area contributed by atoms with Gasteiger partial charge in [-0.1, -0.05) is 29.8 Å². The first-order valence-electron chi connectivity index (χ1n) is 10.2. The smallest absolute Gasteiger partial charge is 0.229 e. The number of hydrogen-bond acceptors (Lipinski definition) is 4.